The lowest BCUT2D eigenvalue weighted by Gasteiger charge is -2.14. The molecular weight excluding hydrogens is 516 g/mol. The highest BCUT2D eigenvalue weighted by atomic mass is 16.6. The van der Waals surface area contributed by atoms with Gasteiger partial charge < -0.3 is 19.3 Å². The van der Waals surface area contributed by atoms with Crippen molar-refractivity contribution in [2.75, 3.05) is 31.7 Å². The Kier molecular flexibility index (Phi) is 19.7. The Hall–Kier alpha value is -4.01. The molecule has 0 aromatic heterocycles. The van der Waals surface area contributed by atoms with Crippen LogP contribution in [0.1, 0.15) is 63.8 Å². The predicted molar refractivity (Wildman–Crippen MR) is 153 cm³/mol. The molecule has 0 radical (unpaired) electrons. The van der Waals surface area contributed by atoms with Crippen LogP contribution in [0.5, 0.6) is 0 Å². The molecule has 0 heterocycles. The number of carbonyl (C=O) groups excluding carboxylic acids is 4. The first kappa shape index (κ1) is 36.0. The summed E-state index contributed by atoms with van der Waals surface area (Å²) in [5, 5.41) is 10.7. The van der Waals surface area contributed by atoms with Gasteiger partial charge in [0.2, 0.25) is 6.08 Å². The zero-order valence-electron chi connectivity index (χ0n) is 24.4. The van der Waals surface area contributed by atoms with Crippen LogP contribution in [0.3, 0.4) is 0 Å². The molecule has 0 saturated heterocycles. The summed E-state index contributed by atoms with van der Waals surface area (Å²) in [4.78, 5) is 46.7. The smallest absolute Gasteiger partial charge is 0.412 e. The van der Waals surface area contributed by atoms with Crippen molar-refractivity contribution < 1.29 is 38.5 Å². The fraction of sp³-hybridized carbons (Fsp3) is 0.467. The lowest BCUT2D eigenvalue weighted by atomic mass is 10.0. The van der Waals surface area contributed by atoms with Crippen LogP contribution in [0.25, 0.3) is 0 Å². The molecule has 0 spiro atoms. The van der Waals surface area contributed by atoms with Gasteiger partial charge in [-0.05, 0) is 61.8 Å². The molecule has 0 atom stereocenters. The lowest BCUT2D eigenvalue weighted by molar-refractivity contribution is -0.147. The largest absolute Gasteiger partial charge is 0.464 e. The van der Waals surface area contributed by atoms with Gasteiger partial charge in [0, 0.05) is 0 Å². The predicted octanol–water partition coefficient (Wildman–Crippen LogP) is 5.24. The molecule has 0 saturated carbocycles. The lowest BCUT2D eigenvalue weighted by Crippen LogP contribution is -2.21. The molecule has 0 aliphatic rings. The Bertz CT molecular complexity index is 1070. The van der Waals surface area contributed by atoms with Crippen molar-refractivity contribution in [1.82, 2.24) is 0 Å². The minimum absolute atomic E-state index is 0.266. The summed E-state index contributed by atoms with van der Waals surface area (Å²) in [6.45, 7) is 11.2. The number of aliphatic hydroxyl groups is 1. The molecule has 0 unspecified atom stereocenters. The standard InChI is InChI=1S/C15H21NO4.C11H13NO.C4H8O3/c1-4-11-8-7-9-12(5-2)14(11)16-15(18)20-10-13(17)19-6-3;1-3-9-6-5-7-10(4-2)11(9)12-8-13;1-2-7-4(6)3-5/h7-9H,4-6,10H2,1-3H3,(H,16,18);5-7H,3-4H2,1-2H3;5H,2-3H2,1H3. The van der Waals surface area contributed by atoms with E-state index in [1.807, 2.05) is 50.2 Å². The van der Waals surface area contributed by atoms with E-state index >= 15 is 0 Å². The zero-order chi connectivity index (χ0) is 30.3. The van der Waals surface area contributed by atoms with Gasteiger partial charge in [0.1, 0.15) is 6.61 Å². The fourth-order valence-corrected chi connectivity index (χ4v) is 3.48. The number of rotatable bonds is 11. The Morgan fingerprint density at radius 3 is 1.57 bits per heavy atom. The van der Waals surface area contributed by atoms with Gasteiger partial charge in [0.15, 0.2) is 6.61 Å². The van der Waals surface area contributed by atoms with Crippen molar-refractivity contribution in [2.24, 2.45) is 4.99 Å². The highest BCUT2D eigenvalue weighted by Gasteiger charge is 2.12. The molecule has 1 amide bonds. The highest BCUT2D eigenvalue weighted by molar-refractivity contribution is 5.88. The summed E-state index contributed by atoms with van der Waals surface area (Å²) in [5.41, 5.74) is 5.88. The van der Waals surface area contributed by atoms with E-state index < -0.39 is 24.6 Å². The first-order valence-corrected chi connectivity index (χ1v) is 13.4. The van der Waals surface area contributed by atoms with Crippen molar-refractivity contribution in [3.63, 3.8) is 0 Å². The molecule has 10 nitrogen and oxygen atoms in total. The number of aliphatic imine (C=N–C) groups is 1. The van der Waals surface area contributed by atoms with Gasteiger partial charge in [-0.15, -0.1) is 0 Å². The molecule has 220 valence electrons. The zero-order valence-corrected chi connectivity index (χ0v) is 24.4. The molecular formula is C30H42N2O8. The third-order valence-electron chi connectivity index (χ3n) is 5.41. The maximum absolute atomic E-state index is 11.7. The van der Waals surface area contributed by atoms with Crippen molar-refractivity contribution >= 4 is 35.5 Å². The number of hydrogen-bond donors (Lipinski definition) is 2. The molecule has 0 bridgehead atoms. The second kappa shape index (κ2) is 21.9. The minimum atomic E-state index is -0.645. The van der Waals surface area contributed by atoms with Crippen LogP contribution in [-0.4, -0.2) is 55.6 Å². The number of nitrogens with zero attached hydrogens (tertiary/aromatic N) is 1. The summed E-state index contributed by atoms with van der Waals surface area (Å²) in [6, 6.07) is 11.9. The maximum Gasteiger partial charge on any atom is 0.412 e. The summed E-state index contributed by atoms with van der Waals surface area (Å²) in [7, 11) is 0. The summed E-state index contributed by atoms with van der Waals surface area (Å²) in [5.74, 6) is -1.12. The van der Waals surface area contributed by atoms with Crippen LogP contribution in [-0.2, 0) is 54.3 Å². The fourth-order valence-electron chi connectivity index (χ4n) is 3.48. The molecule has 0 aliphatic carbocycles. The SMILES string of the molecule is CCOC(=O)CO.CCOC(=O)COC(=O)Nc1c(CC)cccc1CC.CCc1cccc(CC)c1N=C=O. The first-order valence-electron chi connectivity index (χ1n) is 13.4. The quantitative estimate of drug-likeness (QED) is 0.165. The number of anilines is 1. The number of amides is 1. The molecule has 2 aromatic carbocycles. The molecule has 40 heavy (non-hydrogen) atoms. The van der Waals surface area contributed by atoms with Gasteiger partial charge in [-0.25, -0.2) is 19.2 Å². The normalized spacial score (nSPS) is 9.47. The minimum Gasteiger partial charge on any atom is -0.464 e. The first-order chi connectivity index (χ1) is 19.3. The van der Waals surface area contributed by atoms with Gasteiger partial charge in [-0.1, -0.05) is 64.1 Å². The molecule has 0 fully saturated rings. The van der Waals surface area contributed by atoms with Crippen LogP contribution in [0.15, 0.2) is 41.4 Å². The van der Waals surface area contributed by atoms with Gasteiger partial charge in [0.25, 0.3) is 0 Å². The van der Waals surface area contributed by atoms with Crippen LogP contribution >= 0.6 is 0 Å². The van der Waals surface area contributed by atoms with E-state index in [0.717, 1.165) is 59.3 Å². The van der Waals surface area contributed by atoms with Crippen LogP contribution in [0, 0.1) is 0 Å². The van der Waals surface area contributed by atoms with Crippen molar-refractivity contribution in [3.05, 3.63) is 58.7 Å². The topological polar surface area (TPSA) is 141 Å². The van der Waals surface area contributed by atoms with Crippen LogP contribution in [0.4, 0.5) is 16.2 Å². The molecule has 10 heteroatoms. The van der Waals surface area contributed by atoms with Crippen molar-refractivity contribution in [3.8, 4) is 0 Å². The van der Waals surface area contributed by atoms with Gasteiger partial charge in [0.05, 0.1) is 24.6 Å². The molecule has 2 rings (SSSR count). The summed E-state index contributed by atoms with van der Waals surface area (Å²) < 4.78 is 13.8. The van der Waals surface area contributed by atoms with E-state index in [1.54, 1.807) is 19.9 Å². The number of carbonyl (C=O) groups is 3. The van der Waals surface area contributed by atoms with Gasteiger partial charge >= 0.3 is 18.0 Å². The van der Waals surface area contributed by atoms with E-state index in [2.05, 4.69) is 33.6 Å². The van der Waals surface area contributed by atoms with Gasteiger partial charge in [-0.3, -0.25) is 5.32 Å². The van der Waals surface area contributed by atoms with E-state index in [0.29, 0.717) is 6.61 Å². The number of nitrogens with one attached hydrogen (secondary N) is 1. The number of ether oxygens (including phenoxy) is 3. The number of para-hydroxylation sites is 2. The Balaban J connectivity index is 0.000000649. The third kappa shape index (κ3) is 13.7. The maximum atomic E-state index is 11.7. The average molecular weight is 559 g/mol. The number of isocyanates is 1. The molecule has 0 aliphatic heterocycles. The Morgan fingerprint density at radius 1 is 0.750 bits per heavy atom. The summed E-state index contributed by atoms with van der Waals surface area (Å²) in [6.07, 6.45) is 4.37. The monoisotopic (exact) mass is 558 g/mol. The molecule has 2 N–H and O–H groups in total. The highest BCUT2D eigenvalue weighted by Crippen LogP contribution is 2.25. The van der Waals surface area contributed by atoms with Crippen LogP contribution in [0.2, 0.25) is 0 Å². The van der Waals surface area contributed by atoms with Gasteiger partial charge in [-0.2, -0.15) is 4.99 Å². The Morgan fingerprint density at radius 2 is 1.20 bits per heavy atom. The van der Waals surface area contributed by atoms with E-state index in [4.69, 9.17) is 9.84 Å². The number of aryl methyl sites for hydroxylation is 4. The average Bonchev–Trinajstić information content (AvgIpc) is 2.97. The van der Waals surface area contributed by atoms with Crippen molar-refractivity contribution in [1.29, 1.82) is 0 Å². The second-order valence-electron chi connectivity index (χ2n) is 7.96. The van der Waals surface area contributed by atoms with Crippen molar-refractivity contribution in [2.45, 2.75) is 67.2 Å². The Labute approximate surface area is 236 Å². The van der Waals surface area contributed by atoms with E-state index in [1.165, 1.54) is 0 Å². The van der Waals surface area contributed by atoms with E-state index in [-0.39, 0.29) is 13.2 Å². The third-order valence-corrected chi connectivity index (χ3v) is 5.41. The second-order valence-corrected chi connectivity index (χ2v) is 7.96. The number of hydrogen-bond acceptors (Lipinski definition) is 9. The molecule has 2 aromatic rings. The van der Waals surface area contributed by atoms with E-state index in [9.17, 15) is 19.2 Å². The number of benzene rings is 2. The van der Waals surface area contributed by atoms with Crippen LogP contribution < -0.4 is 5.32 Å². The summed E-state index contributed by atoms with van der Waals surface area (Å²) >= 11 is 0. The number of esters is 2. The number of aliphatic hydroxyl groups excluding tert-OH is 1.